The van der Waals surface area contributed by atoms with Crippen LogP contribution in [0.25, 0.3) is 0 Å². The average Bonchev–Trinajstić information content (AvgIpc) is 3.42. The van der Waals surface area contributed by atoms with E-state index in [2.05, 4.69) is 12.2 Å². The lowest BCUT2D eigenvalue weighted by atomic mass is 9.90. The number of ether oxygens (including phenoxy) is 1. The quantitative estimate of drug-likeness (QED) is 0.191. The lowest BCUT2D eigenvalue weighted by molar-refractivity contribution is -0.137. The van der Waals surface area contributed by atoms with E-state index >= 15 is 0 Å². The highest BCUT2D eigenvalue weighted by Crippen LogP contribution is 2.43. The number of aliphatic carboxylic acids is 1. The van der Waals surface area contributed by atoms with Gasteiger partial charge in [-0.2, -0.15) is 0 Å². The first-order valence-corrected chi connectivity index (χ1v) is 13.7. The van der Waals surface area contributed by atoms with Crippen molar-refractivity contribution in [1.29, 1.82) is 0 Å². The van der Waals surface area contributed by atoms with Crippen molar-refractivity contribution < 1.29 is 34.8 Å². The number of hydrogen-bond donors (Lipinski definition) is 5. The number of likely N-dealkylation sites (N-methyl/N-ethyl adjacent to an activating group) is 1. The maximum absolute atomic E-state index is 12.2. The van der Waals surface area contributed by atoms with E-state index in [9.17, 15) is 24.9 Å². The second-order valence-corrected chi connectivity index (χ2v) is 10.2. The number of Topliss-reactive ketones (excluding diaryl/α,β-unsaturated/α-hetero) is 1. The molecule has 38 heavy (non-hydrogen) atoms. The minimum atomic E-state index is -1.09. The van der Waals surface area contributed by atoms with Gasteiger partial charge in [0.25, 0.3) is 0 Å². The van der Waals surface area contributed by atoms with E-state index in [1.165, 1.54) is 0 Å². The summed E-state index contributed by atoms with van der Waals surface area (Å²) in [7, 11) is 1.84. The van der Waals surface area contributed by atoms with Crippen molar-refractivity contribution in [2.45, 2.75) is 95.7 Å². The van der Waals surface area contributed by atoms with Crippen LogP contribution >= 0.6 is 0 Å². The topological polar surface area (TPSA) is 136 Å². The van der Waals surface area contributed by atoms with Crippen LogP contribution < -0.4 is 5.32 Å². The summed E-state index contributed by atoms with van der Waals surface area (Å²) in [6, 6.07) is 9.76. The van der Waals surface area contributed by atoms with Crippen LogP contribution in [0.5, 0.6) is 0 Å². The fourth-order valence-corrected chi connectivity index (χ4v) is 4.79. The zero-order valence-corrected chi connectivity index (χ0v) is 22.8. The molecule has 1 aromatic carbocycles. The molecule has 8 nitrogen and oxygen atoms in total. The third-order valence-electron chi connectivity index (χ3n) is 7.23. The molecule has 3 rings (SSSR count). The summed E-state index contributed by atoms with van der Waals surface area (Å²) < 4.78 is 5.70. The Morgan fingerprint density at radius 1 is 1.18 bits per heavy atom. The molecule has 1 saturated carbocycles. The van der Waals surface area contributed by atoms with Gasteiger partial charge < -0.3 is 30.5 Å². The third kappa shape index (κ3) is 9.66. The number of fused-ring (bicyclic) bond motifs is 1. The summed E-state index contributed by atoms with van der Waals surface area (Å²) >= 11 is 0. The van der Waals surface area contributed by atoms with Crippen LogP contribution in [0.3, 0.4) is 0 Å². The van der Waals surface area contributed by atoms with Crippen LogP contribution in [0.2, 0.25) is 0 Å². The molecule has 0 spiro atoms. The fourth-order valence-electron chi connectivity index (χ4n) is 4.79. The van der Waals surface area contributed by atoms with Gasteiger partial charge in [0.15, 0.2) is 6.10 Å². The van der Waals surface area contributed by atoms with Crippen molar-refractivity contribution in [3.63, 3.8) is 0 Å². The molecule has 1 aliphatic carbocycles. The number of unbranched alkanes of at least 4 members (excludes halogenated alkanes) is 3. The monoisotopic (exact) mass is 531 g/mol. The second kappa shape index (κ2) is 16.4. The standard InChI is InChI=1S/C20H30O6.C10H15NO/c1-2-3-4-7-13(21)10-11-15-16-12-14(8-5-6-9-17(22)23)26-20(16)19(25)18(15)24;1-8(11-2)10(12)9-6-4-3-5-7-9/h8,10-11,13,15-16,18,20-21,24H,2-7,9,12H2,1H3,(H,22,23);3-8,10-12H,1-2H3/b11-10+,14-8+;/t13-,15?,16+,18-,20+;/m0./s1. The molecule has 1 heterocycles. The number of carbonyl (C=O) groups is 2. The molecular weight excluding hydrogens is 486 g/mol. The number of nitrogens with one attached hydrogen (secondary N) is 1. The van der Waals surface area contributed by atoms with Gasteiger partial charge in [-0.1, -0.05) is 68.7 Å². The van der Waals surface area contributed by atoms with E-state index in [0.717, 1.165) is 24.8 Å². The van der Waals surface area contributed by atoms with Gasteiger partial charge in [0.2, 0.25) is 5.78 Å². The van der Waals surface area contributed by atoms with Gasteiger partial charge in [-0.3, -0.25) is 9.59 Å². The molecule has 1 aliphatic heterocycles. The second-order valence-electron chi connectivity index (χ2n) is 10.2. The number of aliphatic hydroxyl groups excluding tert-OH is 3. The number of allylic oxidation sites excluding steroid dienone is 2. The fraction of sp³-hybridized carbons (Fsp3) is 0.600. The first kappa shape index (κ1) is 31.7. The Bertz CT molecular complexity index is 916. The number of carboxylic acids is 1. The summed E-state index contributed by atoms with van der Waals surface area (Å²) in [5, 5.41) is 41.6. The predicted octanol–water partition coefficient (Wildman–Crippen LogP) is 3.92. The molecule has 0 aromatic heterocycles. The van der Waals surface area contributed by atoms with E-state index in [1.807, 2.05) is 50.4 Å². The van der Waals surface area contributed by atoms with Gasteiger partial charge in [-0.05, 0) is 44.9 Å². The molecule has 2 aliphatic rings. The van der Waals surface area contributed by atoms with E-state index in [1.54, 1.807) is 12.2 Å². The normalized spacial score (nSPS) is 25.9. The number of carboxylic acid groups (broad SMARTS) is 1. The number of benzene rings is 1. The van der Waals surface area contributed by atoms with Gasteiger partial charge in [-0.15, -0.1) is 0 Å². The van der Waals surface area contributed by atoms with Crippen molar-refractivity contribution >= 4 is 11.8 Å². The lowest BCUT2D eigenvalue weighted by Gasteiger charge is -2.17. The molecule has 0 bridgehead atoms. The Morgan fingerprint density at radius 3 is 2.53 bits per heavy atom. The molecular formula is C30H45NO7. The van der Waals surface area contributed by atoms with Crippen molar-refractivity contribution in [2.24, 2.45) is 11.8 Å². The van der Waals surface area contributed by atoms with Crippen LogP contribution in [0.1, 0.15) is 76.9 Å². The minimum absolute atomic E-state index is 0.0902. The van der Waals surface area contributed by atoms with Gasteiger partial charge in [0, 0.05) is 30.7 Å². The van der Waals surface area contributed by atoms with Gasteiger partial charge in [0.05, 0.1) is 18.0 Å². The lowest BCUT2D eigenvalue weighted by Crippen LogP contribution is -2.28. The Hall–Kier alpha value is -2.52. The third-order valence-corrected chi connectivity index (χ3v) is 7.23. The Labute approximate surface area is 226 Å². The molecule has 7 atom stereocenters. The Kier molecular flexibility index (Phi) is 13.7. The van der Waals surface area contributed by atoms with Gasteiger partial charge in [-0.25, -0.2) is 0 Å². The predicted molar refractivity (Wildman–Crippen MR) is 146 cm³/mol. The van der Waals surface area contributed by atoms with Crippen LogP contribution in [0.4, 0.5) is 0 Å². The average molecular weight is 532 g/mol. The highest BCUT2D eigenvalue weighted by atomic mass is 16.5. The Balaban J connectivity index is 0.000000352. The summed E-state index contributed by atoms with van der Waals surface area (Å²) in [5.74, 6) is -0.902. The summed E-state index contributed by atoms with van der Waals surface area (Å²) in [4.78, 5) is 22.8. The first-order valence-electron chi connectivity index (χ1n) is 13.7. The van der Waals surface area contributed by atoms with E-state index in [0.29, 0.717) is 31.4 Å². The van der Waals surface area contributed by atoms with Crippen LogP contribution in [-0.2, 0) is 14.3 Å². The van der Waals surface area contributed by atoms with Crippen LogP contribution in [0, 0.1) is 11.8 Å². The number of ketones is 1. The van der Waals surface area contributed by atoms with Crippen molar-refractivity contribution in [3.8, 4) is 0 Å². The maximum Gasteiger partial charge on any atom is 0.303 e. The van der Waals surface area contributed by atoms with E-state index < -0.39 is 30.4 Å². The molecule has 0 amide bonds. The first-order chi connectivity index (χ1) is 18.2. The van der Waals surface area contributed by atoms with Crippen LogP contribution in [-0.4, -0.2) is 63.6 Å². The highest BCUT2D eigenvalue weighted by Gasteiger charge is 2.53. The summed E-state index contributed by atoms with van der Waals surface area (Å²) in [6.45, 7) is 4.06. The van der Waals surface area contributed by atoms with E-state index in [-0.39, 0.29) is 30.1 Å². The minimum Gasteiger partial charge on any atom is -0.487 e. The number of carbonyl (C=O) groups excluding carboxylic acids is 1. The molecule has 0 radical (unpaired) electrons. The molecule has 1 aromatic rings. The zero-order chi connectivity index (χ0) is 28.1. The molecule has 3 unspecified atom stereocenters. The maximum atomic E-state index is 12.2. The van der Waals surface area contributed by atoms with Crippen molar-refractivity contribution in [3.05, 3.63) is 59.9 Å². The SMILES string of the molecule is CCCCC[C@H](O)/C=C/C1[C@H](O)C(=O)[C@@H]2O/C(=C/CCCC(=O)O)C[C@H]12.CNC(C)C(O)c1ccccc1. The number of rotatable bonds is 13. The smallest absolute Gasteiger partial charge is 0.303 e. The Morgan fingerprint density at radius 2 is 1.89 bits per heavy atom. The highest BCUT2D eigenvalue weighted by molar-refractivity contribution is 5.91. The summed E-state index contributed by atoms with van der Waals surface area (Å²) in [5.41, 5.74) is 0.958. The number of hydrogen-bond acceptors (Lipinski definition) is 7. The zero-order valence-electron chi connectivity index (χ0n) is 22.8. The molecule has 5 N–H and O–H groups in total. The van der Waals surface area contributed by atoms with Crippen molar-refractivity contribution in [1.82, 2.24) is 5.32 Å². The number of aliphatic hydroxyl groups is 3. The molecule has 212 valence electrons. The molecule has 1 saturated heterocycles. The van der Waals surface area contributed by atoms with Crippen molar-refractivity contribution in [2.75, 3.05) is 7.05 Å². The van der Waals surface area contributed by atoms with Gasteiger partial charge >= 0.3 is 5.97 Å². The van der Waals surface area contributed by atoms with Crippen LogP contribution in [0.15, 0.2) is 54.3 Å². The summed E-state index contributed by atoms with van der Waals surface area (Å²) in [6.07, 6.45) is 8.18. The van der Waals surface area contributed by atoms with E-state index in [4.69, 9.17) is 9.84 Å². The molecule has 8 heteroatoms. The van der Waals surface area contributed by atoms with Gasteiger partial charge in [0.1, 0.15) is 6.10 Å². The largest absolute Gasteiger partial charge is 0.487 e. The molecule has 2 fully saturated rings.